The summed E-state index contributed by atoms with van der Waals surface area (Å²) in [5.74, 6) is 0.652. The Hall–Kier alpha value is -2.24. The molecule has 5 nitrogen and oxygen atoms in total. The summed E-state index contributed by atoms with van der Waals surface area (Å²) in [5.41, 5.74) is 8.82. The van der Waals surface area contributed by atoms with Crippen LogP contribution >= 0.6 is 12.4 Å². The monoisotopic (exact) mass is 350 g/mol. The third kappa shape index (κ3) is 5.76. The zero-order chi connectivity index (χ0) is 16.7. The smallest absolute Gasteiger partial charge is 0.251 e. The highest BCUT2D eigenvalue weighted by molar-refractivity contribution is 5.96. The van der Waals surface area contributed by atoms with Crippen LogP contribution < -0.4 is 15.8 Å². The summed E-state index contributed by atoms with van der Waals surface area (Å²) >= 11 is 0. The van der Waals surface area contributed by atoms with Crippen molar-refractivity contribution in [2.24, 2.45) is 0 Å². The van der Waals surface area contributed by atoms with Crippen LogP contribution in [0.3, 0.4) is 0 Å². The molecule has 0 aromatic heterocycles. The minimum absolute atomic E-state index is 0. The molecule has 0 bridgehead atoms. The number of nitrogens with two attached hydrogens (primary N) is 1. The molecule has 0 saturated heterocycles. The Morgan fingerprint density at radius 2 is 1.83 bits per heavy atom. The second-order valence-electron chi connectivity index (χ2n) is 5.24. The Morgan fingerprint density at radius 3 is 2.50 bits per heavy atom. The summed E-state index contributed by atoms with van der Waals surface area (Å²) in [4.78, 5) is 12.2. The van der Waals surface area contributed by atoms with Crippen LogP contribution in [0.25, 0.3) is 0 Å². The van der Waals surface area contributed by atoms with Gasteiger partial charge in [-0.3, -0.25) is 4.79 Å². The van der Waals surface area contributed by atoms with Gasteiger partial charge in [0.15, 0.2) is 0 Å². The van der Waals surface area contributed by atoms with Crippen LogP contribution in [-0.4, -0.2) is 26.2 Å². The van der Waals surface area contributed by atoms with Crippen molar-refractivity contribution in [1.29, 1.82) is 0 Å². The molecule has 1 amide bonds. The molecule has 0 saturated carbocycles. The van der Waals surface area contributed by atoms with Crippen molar-refractivity contribution >= 4 is 24.0 Å². The SMILES string of the molecule is COCCOc1ccc(CNC(=O)c2cc(N)ccc2C)cc1.Cl. The topological polar surface area (TPSA) is 73.6 Å². The minimum atomic E-state index is -0.129. The van der Waals surface area contributed by atoms with E-state index in [-0.39, 0.29) is 18.3 Å². The molecule has 3 N–H and O–H groups in total. The van der Waals surface area contributed by atoms with Crippen molar-refractivity contribution in [3.05, 3.63) is 59.2 Å². The summed E-state index contributed by atoms with van der Waals surface area (Å²) < 4.78 is 10.4. The van der Waals surface area contributed by atoms with Gasteiger partial charge in [-0.05, 0) is 42.3 Å². The Bertz CT molecular complexity index is 660. The second-order valence-corrected chi connectivity index (χ2v) is 5.24. The third-order valence-electron chi connectivity index (χ3n) is 3.44. The van der Waals surface area contributed by atoms with E-state index in [2.05, 4.69) is 5.32 Å². The summed E-state index contributed by atoms with van der Waals surface area (Å²) in [5, 5.41) is 2.90. The van der Waals surface area contributed by atoms with Crippen LogP contribution in [0.15, 0.2) is 42.5 Å². The number of hydrogen-bond donors (Lipinski definition) is 2. The van der Waals surface area contributed by atoms with Gasteiger partial charge in [-0.15, -0.1) is 12.4 Å². The fraction of sp³-hybridized carbons (Fsp3) is 0.278. The van der Waals surface area contributed by atoms with E-state index in [0.29, 0.717) is 31.0 Å². The maximum Gasteiger partial charge on any atom is 0.251 e. The van der Waals surface area contributed by atoms with Crippen LogP contribution in [0.5, 0.6) is 5.75 Å². The van der Waals surface area contributed by atoms with Crippen molar-refractivity contribution in [3.8, 4) is 5.75 Å². The fourth-order valence-corrected chi connectivity index (χ4v) is 2.11. The summed E-state index contributed by atoms with van der Waals surface area (Å²) in [7, 11) is 1.64. The van der Waals surface area contributed by atoms with E-state index in [1.807, 2.05) is 37.3 Å². The molecule has 2 aromatic carbocycles. The van der Waals surface area contributed by atoms with Gasteiger partial charge in [-0.1, -0.05) is 18.2 Å². The number of hydrogen-bond acceptors (Lipinski definition) is 4. The van der Waals surface area contributed by atoms with Crippen LogP contribution in [0.1, 0.15) is 21.5 Å². The van der Waals surface area contributed by atoms with Crippen LogP contribution in [0.4, 0.5) is 5.69 Å². The zero-order valence-corrected chi connectivity index (χ0v) is 14.7. The molecule has 0 fully saturated rings. The molecular weight excluding hydrogens is 328 g/mol. The van der Waals surface area contributed by atoms with Crippen LogP contribution in [0.2, 0.25) is 0 Å². The quantitative estimate of drug-likeness (QED) is 0.594. The van der Waals surface area contributed by atoms with Gasteiger partial charge in [-0.2, -0.15) is 0 Å². The van der Waals surface area contributed by atoms with E-state index in [1.165, 1.54) is 0 Å². The largest absolute Gasteiger partial charge is 0.491 e. The van der Waals surface area contributed by atoms with E-state index < -0.39 is 0 Å². The van der Waals surface area contributed by atoms with Crippen molar-refractivity contribution in [3.63, 3.8) is 0 Å². The average molecular weight is 351 g/mol. The number of nitrogen functional groups attached to an aromatic ring is 1. The maximum atomic E-state index is 12.2. The molecule has 0 aliphatic rings. The molecule has 24 heavy (non-hydrogen) atoms. The molecule has 2 aromatic rings. The number of amides is 1. The van der Waals surface area contributed by atoms with E-state index in [0.717, 1.165) is 16.9 Å². The lowest BCUT2D eigenvalue weighted by Gasteiger charge is -2.10. The molecule has 0 atom stereocenters. The molecule has 130 valence electrons. The number of methoxy groups -OCH3 is 1. The lowest BCUT2D eigenvalue weighted by molar-refractivity contribution is 0.0950. The number of benzene rings is 2. The maximum absolute atomic E-state index is 12.2. The van der Waals surface area contributed by atoms with Gasteiger partial charge in [-0.25, -0.2) is 0 Å². The fourth-order valence-electron chi connectivity index (χ4n) is 2.11. The standard InChI is InChI=1S/C18H22N2O3.ClH/c1-13-3-6-15(19)11-17(13)18(21)20-12-14-4-7-16(8-5-14)23-10-9-22-2;/h3-8,11H,9-10,12,19H2,1-2H3,(H,20,21);1H. The van der Waals surface area contributed by atoms with Gasteiger partial charge >= 0.3 is 0 Å². The number of carbonyl (C=O) groups excluding carboxylic acids is 1. The lowest BCUT2D eigenvalue weighted by atomic mass is 10.1. The highest BCUT2D eigenvalue weighted by atomic mass is 35.5. The van der Waals surface area contributed by atoms with Crippen molar-refractivity contribution in [2.75, 3.05) is 26.1 Å². The van der Waals surface area contributed by atoms with Crippen LogP contribution in [-0.2, 0) is 11.3 Å². The number of ether oxygens (including phenoxy) is 2. The van der Waals surface area contributed by atoms with E-state index in [9.17, 15) is 4.79 Å². The first-order chi connectivity index (χ1) is 11.1. The predicted octanol–water partition coefficient (Wildman–Crippen LogP) is 2.95. The molecule has 0 radical (unpaired) electrons. The Kier molecular flexibility index (Phi) is 8.09. The zero-order valence-electron chi connectivity index (χ0n) is 13.9. The number of rotatable bonds is 7. The van der Waals surface area contributed by atoms with E-state index >= 15 is 0 Å². The number of anilines is 1. The first-order valence-corrected chi connectivity index (χ1v) is 7.45. The Morgan fingerprint density at radius 1 is 1.12 bits per heavy atom. The number of nitrogens with one attached hydrogen (secondary N) is 1. The van der Waals surface area contributed by atoms with Crippen molar-refractivity contribution in [2.45, 2.75) is 13.5 Å². The molecule has 0 aliphatic heterocycles. The molecule has 6 heteroatoms. The highest BCUT2D eigenvalue weighted by Crippen LogP contribution is 2.14. The van der Waals surface area contributed by atoms with Crippen molar-refractivity contribution in [1.82, 2.24) is 5.32 Å². The van der Waals surface area contributed by atoms with Gasteiger partial charge in [0.1, 0.15) is 12.4 Å². The molecule has 0 spiro atoms. The first kappa shape index (κ1) is 19.8. The van der Waals surface area contributed by atoms with Crippen LogP contribution in [0, 0.1) is 6.92 Å². The van der Waals surface area contributed by atoms with E-state index in [1.54, 1.807) is 19.2 Å². The van der Waals surface area contributed by atoms with Gasteiger partial charge in [0, 0.05) is 24.9 Å². The van der Waals surface area contributed by atoms with Gasteiger partial charge in [0.05, 0.1) is 6.61 Å². The highest BCUT2D eigenvalue weighted by Gasteiger charge is 2.09. The lowest BCUT2D eigenvalue weighted by Crippen LogP contribution is -2.23. The Labute approximate surface area is 148 Å². The van der Waals surface area contributed by atoms with Gasteiger partial charge in [0.2, 0.25) is 0 Å². The molecule has 0 aliphatic carbocycles. The summed E-state index contributed by atoms with van der Waals surface area (Å²) in [6, 6.07) is 12.9. The molecular formula is C18H23ClN2O3. The first-order valence-electron chi connectivity index (χ1n) is 7.45. The molecule has 0 heterocycles. The number of carbonyl (C=O) groups is 1. The predicted molar refractivity (Wildman–Crippen MR) is 97.8 cm³/mol. The molecule has 0 unspecified atom stereocenters. The Balaban J connectivity index is 0.00000288. The average Bonchev–Trinajstić information content (AvgIpc) is 2.56. The second kappa shape index (κ2) is 9.80. The molecule has 2 rings (SSSR count). The third-order valence-corrected chi connectivity index (χ3v) is 3.44. The summed E-state index contributed by atoms with van der Waals surface area (Å²) in [6.07, 6.45) is 0. The van der Waals surface area contributed by atoms with E-state index in [4.69, 9.17) is 15.2 Å². The van der Waals surface area contributed by atoms with Gasteiger partial charge < -0.3 is 20.5 Å². The minimum Gasteiger partial charge on any atom is -0.491 e. The normalized spacial score (nSPS) is 9.92. The number of aryl methyl sites for hydroxylation is 1. The summed E-state index contributed by atoms with van der Waals surface area (Å²) in [6.45, 7) is 3.41. The van der Waals surface area contributed by atoms with Crippen molar-refractivity contribution < 1.29 is 14.3 Å². The van der Waals surface area contributed by atoms with Gasteiger partial charge in [0.25, 0.3) is 5.91 Å². The number of halogens is 1.